The van der Waals surface area contributed by atoms with Crippen molar-refractivity contribution in [1.82, 2.24) is 15.2 Å². The first-order valence-corrected chi connectivity index (χ1v) is 9.17. The third-order valence-corrected chi connectivity index (χ3v) is 3.92. The van der Waals surface area contributed by atoms with E-state index < -0.39 is 6.61 Å². The zero-order chi connectivity index (χ0) is 20.7. The molecule has 0 aliphatic rings. The Balaban J connectivity index is 2.03. The lowest BCUT2D eigenvalue weighted by atomic mass is 9.94. The van der Waals surface area contributed by atoms with Gasteiger partial charge in [0.15, 0.2) is 5.96 Å². The molecule has 2 rings (SSSR count). The lowest BCUT2D eigenvalue weighted by Crippen LogP contribution is -2.38. The van der Waals surface area contributed by atoms with Gasteiger partial charge in [-0.2, -0.15) is 8.78 Å². The Morgan fingerprint density at radius 3 is 2.50 bits per heavy atom. The maximum absolute atomic E-state index is 12.2. The van der Waals surface area contributed by atoms with E-state index in [0.717, 1.165) is 11.3 Å². The number of benzene rings is 1. The van der Waals surface area contributed by atoms with Crippen LogP contribution in [0.15, 0.2) is 39.9 Å². The zero-order valence-corrected chi connectivity index (χ0v) is 17.0. The Kier molecular flexibility index (Phi) is 7.37. The molecule has 1 aromatic heterocycles. The van der Waals surface area contributed by atoms with Crippen LogP contribution in [0.5, 0.6) is 5.75 Å². The lowest BCUT2D eigenvalue weighted by molar-refractivity contribution is -0.0498. The molecule has 0 fully saturated rings. The van der Waals surface area contributed by atoms with Crippen LogP contribution in [0.3, 0.4) is 0 Å². The van der Waals surface area contributed by atoms with Gasteiger partial charge in [0.05, 0.1) is 6.20 Å². The largest absolute Gasteiger partial charge is 0.443 e. The number of nitrogens with zero attached hydrogens (tertiary/aromatic N) is 3. The fourth-order valence-corrected chi connectivity index (χ4v) is 2.47. The van der Waals surface area contributed by atoms with Gasteiger partial charge in [0, 0.05) is 25.6 Å². The molecule has 0 saturated carbocycles. The van der Waals surface area contributed by atoms with Crippen molar-refractivity contribution >= 4 is 5.96 Å². The summed E-state index contributed by atoms with van der Waals surface area (Å²) in [6.45, 7) is 6.95. The summed E-state index contributed by atoms with van der Waals surface area (Å²) in [5, 5.41) is 3.23. The molecule has 2 aromatic rings. The highest BCUT2D eigenvalue weighted by Gasteiger charge is 2.19. The van der Waals surface area contributed by atoms with Crippen LogP contribution < -0.4 is 10.1 Å². The van der Waals surface area contributed by atoms with Crippen molar-refractivity contribution in [2.45, 2.75) is 52.8 Å². The maximum Gasteiger partial charge on any atom is 0.387 e. The van der Waals surface area contributed by atoms with Gasteiger partial charge in [0.1, 0.15) is 18.1 Å². The lowest BCUT2D eigenvalue weighted by Gasteiger charge is -2.22. The normalized spacial score (nSPS) is 12.4. The molecule has 0 amide bonds. The quantitative estimate of drug-likeness (QED) is 0.564. The van der Waals surface area contributed by atoms with Gasteiger partial charge in [-0.1, -0.05) is 32.9 Å². The molecule has 6 nitrogen and oxygen atoms in total. The van der Waals surface area contributed by atoms with Crippen LogP contribution in [-0.2, 0) is 18.5 Å². The number of guanidine groups is 1. The topological polar surface area (TPSA) is 62.9 Å². The monoisotopic (exact) mass is 394 g/mol. The van der Waals surface area contributed by atoms with Crippen molar-refractivity contribution in [2.75, 3.05) is 13.6 Å². The number of aliphatic imine (C=N–C) groups is 1. The van der Waals surface area contributed by atoms with E-state index in [9.17, 15) is 8.78 Å². The number of halogens is 2. The number of aromatic nitrogens is 1. The first-order chi connectivity index (χ1) is 13.2. The highest BCUT2D eigenvalue weighted by molar-refractivity contribution is 5.79. The Morgan fingerprint density at radius 1 is 1.29 bits per heavy atom. The minimum atomic E-state index is -2.82. The Bertz CT molecular complexity index is 767. The van der Waals surface area contributed by atoms with Gasteiger partial charge in [0.25, 0.3) is 0 Å². The number of hydrogen-bond donors (Lipinski definition) is 1. The molecule has 154 valence electrons. The summed E-state index contributed by atoms with van der Waals surface area (Å²) >= 11 is 0. The summed E-state index contributed by atoms with van der Waals surface area (Å²) < 4.78 is 34.6. The summed E-state index contributed by atoms with van der Waals surface area (Å²) in [4.78, 5) is 10.8. The van der Waals surface area contributed by atoms with Gasteiger partial charge >= 0.3 is 6.61 Å². The van der Waals surface area contributed by atoms with Crippen molar-refractivity contribution in [3.63, 3.8) is 0 Å². The number of nitrogens with one attached hydrogen (secondary N) is 1. The fraction of sp³-hybridized carbons (Fsp3) is 0.500. The first kappa shape index (κ1) is 21.7. The number of oxazole rings is 1. The van der Waals surface area contributed by atoms with Gasteiger partial charge in [0.2, 0.25) is 5.89 Å². The van der Waals surface area contributed by atoms with Crippen LogP contribution in [0.1, 0.15) is 44.9 Å². The average Bonchev–Trinajstić information content (AvgIpc) is 3.09. The molecule has 1 aromatic carbocycles. The summed E-state index contributed by atoms with van der Waals surface area (Å²) in [6.07, 6.45) is 1.74. The van der Waals surface area contributed by atoms with Gasteiger partial charge in [-0.05, 0) is 24.6 Å². The third-order valence-electron chi connectivity index (χ3n) is 3.92. The minimum Gasteiger partial charge on any atom is -0.443 e. The van der Waals surface area contributed by atoms with E-state index >= 15 is 0 Å². The van der Waals surface area contributed by atoms with E-state index in [4.69, 9.17) is 4.42 Å². The molecule has 1 heterocycles. The summed E-state index contributed by atoms with van der Waals surface area (Å²) in [7, 11) is 1.90. The van der Waals surface area contributed by atoms with E-state index in [-0.39, 0.29) is 11.2 Å². The van der Waals surface area contributed by atoms with Gasteiger partial charge in [-0.25, -0.2) is 9.98 Å². The Hall–Kier alpha value is -2.64. The second-order valence-electron chi connectivity index (χ2n) is 7.42. The van der Waals surface area contributed by atoms with Gasteiger partial charge in [-0.3, -0.25) is 0 Å². The number of alkyl halides is 2. The molecular weight excluding hydrogens is 366 g/mol. The van der Waals surface area contributed by atoms with Crippen molar-refractivity contribution in [2.24, 2.45) is 4.99 Å². The van der Waals surface area contributed by atoms with Crippen LogP contribution in [-0.4, -0.2) is 36.0 Å². The van der Waals surface area contributed by atoms with E-state index in [1.807, 2.05) is 18.9 Å². The van der Waals surface area contributed by atoms with Crippen LogP contribution in [0.2, 0.25) is 0 Å². The smallest absolute Gasteiger partial charge is 0.387 e. The van der Waals surface area contributed by atoms with Gasteiger partial charge in [-0.15, -0.1) is 0 Å². The van der Waals surface area contributed by atoms with Crippen molar-refractivity contribution in [1.29, 1.82) is 0 Å². The molecule has 8 heteroatoms. The second kappa shape index (κ2) is 9.52. The Labute approximate surface area is 164 Å². The van der Waals surface area contributed by atoms with Crippen LogP contribution in [0.4, 0.5) is 8.78 Å². The van der Waals surface area contributed by atoms with E-state index in [2.05, 4.69) is 40.8 Å². The molecular formula is C20H28F2N4O2. The molecule has 1 N–H and O–H groups in total. The minimum absolute atomic E-state index is 0.101. The van der Waals surface area contributed by atoms with Crippen molar-refractivity contribution in [3.05, 3.63) is 47.7 Å². The Morgan fingerprint density at radius 2 is 1.96 bits per heavy atom. The third kappa shape index (κ3) is 6.51. The summed E-state index contributed by atoms with van der Waals surface area (Å²) in [6, 6.07) is 6.56. The standard InChI is InChI=1S/C20H28F2N4O2/c1-6-23-19(25-12-17-24-11-16(28-17)20(2,3)4)26(5)13-14-7-9-15(10-8-14)27-18(21)22/h7-11,18H,6,12-13H2,1-5H3,(H,23,25). The maximum atomic E-state index is 12.2. The molecule has 0 saturated heterocycles. The molecule has 0 atom stereocenters. The summed E-state index contributed by atoms with van der Waals surface area (Å²) in [5.41, 5.74) is 0.844. The SMILES string of the molecule is CCNC(=NCc1ncc(C(C)(C)C)o1)N(C)Cc1ccc(OC(F)F)cc1. The predicted octanol–water partition coefficient (Wildman–Crippen LogP) is 4.17. The molecule has 0 bridgehead atoms. The second-order valence-corrected chi connectivity index (χ2v) is 7.42. The predicted molar refractivity (Wildman–Crippen MR) is 105 cm³/mol. The number of ether oxygens (including phenoxy) is 1. The first-order valence-electron chi connectivity index (χ1n) is 9.17. The molecule has 0 spiro atoms. The van der Waals surface area contributed by atoms with E-state index in [0.29, 0.717) is 31.5 Å². The van der Waals surface area contributed by atoms with E-state index in [1.165, 1.54) is 12.1 Å². The summed E-state index contributed by atoms with van der Waals surface area (Å²) in [5.74, 6) is 2.22. The molecule has 0 aliphatic heterocycles. The molecule has 0 aliphatic carbocycles. The van der Waals surface area contributed by atoms with Gasteiger partial charge < -0.3 is 19.4 Å². The highest BCUT2D eigenvalue weighted by Crippen LogP contribution is 2.23. The van der Waals surface area contributed by atoms with Crippen molar-refractivity contribution < 1.29 is 17.9 Å². The van der Waals surface area contributed by atoms with Crippen molar-refractivity contribution in [3.8, 4) is 5.75 Å². The van der Waals surface area contributed by atoms with Crippen LogP contribution in [0.25, 0.3) is 0 Å². The number of hydrogen-bond acceptors (Lipinski definition) is 4. The van der Waals surface area contributed by atoms with Crippen LogP contribution >= 0.6 is 0 Å². The molecule has 0 unspecified atom stereocenters. The number of rotatable bonds is 7. The molecule has 0 radical (unpaired) electrons. The van der Waals surface area contributed by atoms with Crippen LogP contribution in [0, 0.1) is 0 Å². The fourth-order valence-electron chi connectivity index (χ4n) is 2.47. The van der Waals surface area contributed by atoms with E-state index in [1.54, 1.807) is 18.3 Å². The molecule has 28 heavy (non-hydrogen) atoms. The highest BCUT2D eigenvalue weighted by atomic mass is 19.3. The average molecular weight is 394 g/mol. The zero-order valence-electron chi connectivity index (χ0n) is 17.0.